The number of carbonyl (C=O) groups is 1. The molecule has 2 heterocycles. The first-order valence-corrected chi connectivity index (χ1v) is 12.1. The Morgan fingerprint density at radius 2 is 1.69 bits per heavy atom. The Morgan fingerprint density at radius 3 is 2.25 bits per heavy atom. The van der Waals surface area contributed by atoms with E-state index in [2.05, 4.69) is 72.8 Å². The first-order valence-electron chi connectivity index (χ1n) is 10.0. The van der Waals surface area contributed by atoms with Gasteiger partial charge in [0.2, 0.25) is 0 Å². The predicted molar refractivity (Wildman–Crippen MR) is 111 cm³/mol. The van der Waals surface area contributed by atoms with Crippen molar-refractivity contribution in [3.63, 3.8) is 0 Å². The number of nitrogens with zero attached hydrogens (tertiary/aromatic N) is 2. The van der Waals surface area contributed by atoms with Crippen LogP contribution in [0.5, 0.6) is 0 Å². The lowest BCUT2D eigenvalue weighted by molar-refractivity contribution is -2.00. The number of aromatic nitrogens is 1. The van der Waals surface area contributed by atoms with Gasteiger partial charge in [0.1, 0.15) is 6.54 Å². The molecule has 10 heteroatoms. The molecule has 1 aromatic carbocycles. The van der Waals surface area contributed by atoms with Crippen molar-refractivity contribution in [2.24, 2.45) is 0 Å². The van der Waals surface area contributed by atoms with Crippen molar-refractivity contribution in [2.45, 2.75) is 51.0 Å². The number of halogens is 1. The second kappa shape index (κ2) is 11.6. The van der Waals surface area contributed by atoms with Crippen LogP contribution in [0.4, 0.5) is 5.69 Å². The number of rotatable bonds is 7. The highest BCUT2D eigenvalue weighted by Crippen LogP contribution is 2.45. The number of carboxylic acids is 1. The molecule has 1 aliphatic rings. The van der Waals surface area contributed by atoms with Gasteiger partial charge < -0.3 is 10.0 Å². The molecule has 8 nitrogen and oxygen atoms in total. The lowest BCUT2D eigenvalue weighted by atomic mass is 10.1. The number of anilines is 1. The molecular weight excluding hydrogens is 456 g/mol. The topological polar surface area (TPSA) is 137 Å². The van der Waals surface area contributed by atoms with Gasteiger partial charge in [-0.2, -0.15) is 0 Å². The van der Waals surface area contributed by atoms with E-state index in [9.17, 15) is 4.79 Å². The third kappa shape index (κ3) is 8.42. The third-order valence-electron chi connectivity index (χ3n) is 4.94. The van der Waals surface area contributed by atoms with E-state index in [0.29, 0.717) is 0 Å². The van der Waals surface area contributed by atoms with Gasteiger partial charge in [-0.3, -0.25) is 4.79 Å². The Kier molecular flexibility index (Phi) is 9.50. The highest BCUT2D eigenvalue weighted by Gasteiger charge is 2.21. The van der Waals surface area contributed by atoms with E-state index in [1.165, 1.54) is 32.6 Å². The van der Waals surface area contributed by atoms with Crippen LogP contribution in [0, 0.1) is 24.1 Å². The van der Waals surface area contributed by atoms with Crippen LogP contribution >= 0.6 is 11.8 Å². The number of hydrogen-bond donors (Lipinski definition) is 1. The molecule has 32 heavy (non-hydrogen) atoms. The fourth-order valence-electron chi connectivity index (χ4n) is 3.51. The van der Waals surface area contributed by atoms with Gasteiger partial charge in [-0.15, -0.1) is 10.2 Å². The Hall–Kier alpha value is -2.14. The van der Waals surface area contributed by atoms with Gasteiger partial charge in [-0.05, 0) is 36.6 Å². The minimum atomic E-state index is -4.94. The van der Waals surface area contributed by atoms with Crippen LogP contribution < -0.4 is 28.1 Å². The van der Waals surface area contributed by atoms with Crippen molar-refractivity contribution >= 4 is 29.5 Å². The summed E-state index contributed by atoms with van der Waals surface area (Å²) in [7, 11) is -2.83. The molecule has 0 aliphatic carbocycles. The van der Waals surface area contributed by atoms with Crippen molar-refractivity contribution in [1.29, 1.82) is 0 Å². The minimum absolute atomic E-state index is 0.267. The van der Waals surface area contributed by atoms with Crippen LogP contribution in [0.25, 0.3) is 6.08 Å². The molecule has 0 bridgehead atoms. The van der Waals surface area contributed by atoms with Crippen molar-refractivity contribution in [3.05, 3.63) is 58.4 Å². The smallest absolute Gasteiger partial charge is 0.303 e. The van der Waals surface area contributed by atoms with Gasteiger partial charge in [0.25, 0.3) is 0 Å². The van der Waals surface area contributed by atoms with Crippen LogP contribution in [0.1, 0.15) is 42.6 Å². The maximum absolute atomic E-state index is 10.6. The van der Waals surface area contributed by atoms with Gasteiger partial charge in [0, 0.05) is 50.8 Å². The summed E-state index contributed by atoms with van der Waals surface area (Å²) in [5.41, 5.74) is 4.95. The van der Waals surface area contributed by atoms with E-state index in [-0.39, 0.29) is 6.42 Å². The Balaban J connectivity index is 0.000000654. The average molecular weight is 483 g/mol. The van der Waals surface area contributed by atoms with E-state index in [1.807, 2.05) is 11.8 Å². The summed E-state index contributed by atoms with van der Waals surface area (Å²) in [5, 5.41) is 9.96. The summed E-state index contributed by atoms with van der Waals surface area (Å²) in [6, 6.07) is 12.9. The second-order valence-electron chi connectivity index (χ2n) is 7.42. The Bertz CT molecular complexity index is 948. The Labute approximate surface area is 194 Å². The summed E-state index contributed by atoms with van der Waals surface area (Å²) in [6.07, 6.45) is 5.23. The molecule has 0 fully saturated rings. The standard InChI is InChI=1S/C22H26N2O2S.ClHO4/c1-16-13-18(14-17(2)24(16)12-8-4-5-11-22(25)26)15-21-23(3)19-9-6-7-10-20(19)27-21;2-1(3,4)5/h6-7,9-10,13-15H,4-5,8,11-12H2,1-3H3;(H,2,3,4,5). The number of pyridine rings is 1. The van der Waals surface area contributed by atoms with Crippen LogP contribution in [0.15, 0.2) is 46.3 Å². The lowest BCUT2D eigenvalue weighted by Crippen LogP contribution is -2.68. The number of benzene rings is 1. The molecule has 1 aromatic heterocycles. The molecule has 174 valence electrons. The van der Waals surface area contributed by atoms with Crippen molar-refractivity contribution in [3.8, 4) is 0 Å². The molecule has 0 saturated heterocycles. The van der Waals surface area contributed by atoms with E-state index in [1.54, 1.807) is 0 Å². The first-order chi connectivity index (χ1) is 15.0. The maximum atomic E-state index is 10.6. The number of aryl methyl sites for hydroxylation is 2. The van der Waals surface area contributed by atoms with Gasteiger partial charge in [0.05, 0.1) is 10.7 Å². The molecular formula is C22H27ClN2O6S. The summed E-state index contributed by atoms with van der Waals surface area (Å²) in [4.78, 5) is 14.1. The first kappa shape index (κ1) is 26.1. The largest absolute Gasteiger partial charge is 0.481 e. The molecule has 0 amide bonds. The summed E-state index contributed by atoms with van der Waals surface area (Å²) in [5.74, 6) is -0.704. The molecule has 0 radical (unpaired) electrons. The molecule has 0 unspecified atom stereocenters. The van der Waals surface area contributed by atoms with E-state index in [0.717, 1.165) is 25.8 Å². The number of fused-ring (bicyclic) bond motifs is 1. The molecule has 1 N–H and O–H groups in total. The zero-order valence-electron chi connectivity index (χ0n) is 18.2. The zero-order chi connectivity index (χ0) is 23.9. The third-order valence-corrected chi connectivity index (χ3v) is 6.10. The SMILES string of the molecule is Cc1cc(/C=C2\Sc3ccccc3N2C)cc(C)[n+]1CCCCCC(=O)O.[O-][Cl+3]([O-])([O-])[O-]. The molecule has 0 atom stereocenters. The number of para-hydroxylation sites is 1. The van der Waals surface area contributed by atoms with Crippen molar-refractivity contribution in [1.82, 2.24) is 0 Å². The zero-order valence-corrected chi connectivity index (χ0v) is 19.8. The molecule has 0 saturated carbocycles. The minimum Gasteiger partial charge on any atom is -0.481 e. The lowest BCUT2D eigenvalue weighted by Gasteiger charge is -2.17. The molecule has 1 aliphatic heterocycles. The maximum Gasteiger partial charge on any atom is 0.303 e. The number of unbranched alkanes of at least 4 members (excludes halogenated alkanes) is 2. The monoisotopic (exact) mass is 482 g/mol. The number of hydrogen-bond acceptors (Lipinski definition) is 7. The van der Waals surface area contributed by atoms with Crippen LogP contribution in [-0.2, 0) is 11.3 Å². The van der Waals surface area contributed by atoms with Crippen LogP contribution in [-0.4, -0.2) is 18.1 Å². The second-order valence-corrected chi connectivity index (χ2v) is 9.23. The molecule has 2 aromatic rings. The van der Waals surface area contributed by atoms with Gasteiger partial charge >= 0.3 is 5.97 Å². The van der Waals surface area contributed by atoms with Crippen molar-refractivity contribution in [2.75, 3.05) is 11.9 Å². The normalized spacial score (nSPS) is 14.2. The summed E-state index contributed by atoms with van der Waals surface area (Å²) < 4.78 is 36.3. The highest BCUT2D eigenvalue weighted by molar-refractivity contribution is 8.03. The quantitative estimate of drug-likeness (QED) is 0.430. The van der Waals surface area contributed by atoms with Crippen molar-refractivity contribution < 1.29 is 43.3 Å². The van der Waals surface area contributed by atoms with E-state index >= 15 is 0 Å². The van der Waals surface area contributed by atoms with Gasteiger partial charge in [0.15, 0.2) is 11.4 Å². The molecule has 3 rings (SSSR count). The number of thioether (sulfide) groups is 1. The number of carboxylic acid groups (broad SMARTS) is 1. The fraction of sp³-hybridized carbons (Fsp3) is 0.364. The molecule has 0 spiro atoms. The predicted octanol–water partition coefficient (Wildman–Crippen LogP) is 0.0204. The summed E-state index contributed by atoms with van der Waals surface area (Å²) >= 11 is 1.81. The summed E-state index contributed by atoms with van der Waals surface area (Å²) in [6.45, 7) is 5.23. The van der Waals surface area contributed by atoms with Gasteiger partial charge in [-0.25, -0.2) is 23.2 Å². The Morgan fingerprint density at radius 1 is 1.09 bits per heavy atom. The van der Waals surface area contributed by atoms with Gasteiger partial charge in [-0.1, -0.05) is 23.9 Å². The average Bonchev–Trinajstić information content (AvgIpc) is 2.98. The fourth-order valence-corrected chi connectivity index (χ4v) is 4.62. The highest BCUT2D eigenvalue weighted by atomic mass is 35.7. The number of aliphatic carboxylic acids is 1. The van der Waals surface area contributed by atoms with Crippen LogP contribution in [0.3, 0.4) is 0 Å². The van der Waals surface area contributed by atoms with E-state index < -0.39 is 16.2 Å². The van der Waals surface area contributed by atoms with Crippen LogP contribution in [0.2, 0.25) is 0 Å². The van der Waals surface area contributed by atoms with E-state index in [4.69, 9.17) is 23.7 Å².